The first-order chi connectivity index (χ1) is 16.9. The third-order valence-electron chi connectivity index (χ3n) is 7.27. The Labute approximate surface area is 211 Å². The van der Waals surface area contributed by atoms with Crippen molar-refractivity contribution in [2.45, 2.75) is 43.1 Å². The lowest BCUT2D eigenvalue weighted by atomic mass is 10.00. The first-order valence-electron chi connectivity index (χ1n) is 12.3. The number of benzene rings is 3. The standard InChI is InChI=1S/C29H33NO4S/c1-18-15-30(16-19(18)2)20(3)17-33-25-11-6-21(7-12-25)28-29(22-4-8-23(31)9-5-22)35-27-14-24(32)10-13-26(27)34-28/h4-14,18-20,28-29,31-32H,15-17H2,1-3H3/t18-,19-,20+,28+,29-/m1/s1. The molecule has 3 aromatic rings. The monoisotopic (exact) mass is 491 g/mol. The van der Waals surface area contributed by atoms with Crippen LogP contribution in [-0.2, 0) is 0 Å². The fourth-order valence-corrected chi connectivity index (χ4v) is 6.17. The highest BCUT2D eigenvalue weighted by molar-refractivity contribution is 7.99. The minimum Gasteiger partial charge on any atom is -0.508 e. The molecule has 0 unspecified atom stereocenters. The normalized spacial score (nSPS) is 25.0. The molecule has 0 radical (unpaired) electrons. The summed E-state index contributed by atoms with van der Waals surface area (Å²) in [6.45, 7) is 9.84. The molecule has 0 aromatic heterocycles. The Hall–Kier alpha value is -2.83. The summed E-state index contributed by atoms with van der Waals surface area (Å²) in [6, 6.07) is 21.0. The second-order valence-corrected chi connectivity index (χ2v) is 11.1. The van der Waals surface area contributed by atoms with Gasteiger partial charge >= 0.3 is 0 Å². The Balaban J connectivity index is 1.32. The third-order valence-corrected chi connectivity index (χ3v) is 8.62. The summed E-state index contributed by atoms with van der Waals surface area (Å²) in [4.78, 5) is 3.42. The Morgan fingerprint density at radius 2 is 1.54 bits per heavy atom. The van der Waals surface area contributed by atoms with E-state index in [1.54, 1.807) is 36.0 Å². The van der Waals surface area contributed by atoms with Crippen LogP contribution in [0, 0.1) is 11.8 Å². The molecule has 3 aromatic carbocycles. The Bertz CT molecular complexity index is 1140. The molecule has 6 heteroatoms. The molecule has 184 valence electrons. The molecule has 1 fully saturated rings. The SMILES string of the molecule is C[C@@H]1CN([C@@H](C)COc2ccc([C@@H]3Oc4ccc(O)cc4S[C@@H]3c3ccc(O)cc3)cc2)C[C@H]1C. The van der Waals surface area contributed by atoms with E-state index in [0.29, 0.717) is 12.6 Å². The zero-order valence-electron chi connectivity index (χ0n) is 20.4. The lowest BCUT2D eigenvalue weighted by molar-refractivity contribution is 0.166. The number of ether oxygens (including phenoxy) is 2. The van der Waals surface area contributed by atoms with Crippen molar-refractivity contribution < 1.29 is 19.7 Å². The summed E-state index contributed by atoms with van der Waals surface area (Å²) >= 11 is 1.66. The van der Waals surface area contributed by atoms with Crippen LogP contribution < -0.4 is 9.47 Å². The summed E-state index contributed by atoms with van der Waals surface area (Å²) < 4.78 is 12.6. The number of rotatable bonds is 6. The molecular weight excluding hydrogens is 458 g/mol. The van der Waals surface area contributed by atoms with Gasteiger partial charge in [-0.2, -0.15) is 0 Å². The van der Waals surface area contributed by atoms with Gasteiger partial charge in [-0.15, -0.1) is 11.8 Å². The second-order valence-electron chi connectivity index (χ2n) is 9.94. The van der Waals surface area contributed by atoms with Crippen LogP contribution in [0.25, 0.3) is 0 Å². The number of hydrogen-bond acceptors (Lipinski definition) is 6. The summed E-state index contributed by atoms with van der Waals surface area (Å²) in [6.07, 6.45) is -0.220. The number of hydrogen-bond donors (Lipinski definition) is 2. The van der Waals surface area contributed by atoms with E-state index in [-0.39, 0.29) is 22.9 Å². The fourth-order valence-electron chi connectivity index (χ4n) is 4.84. The van der Waals surface area contributed by atoms with E-state index in [9.17, 15) is 10.2 Å². The maximum Gasteiger partial charge on any atom is 0.140 e. The van der Waals surface area contributed by atoms with Crippen LogP contribution in [0.2, 0.25) is 0 Å². The lowest BCUT2D eigenvalue weighted by Gasteiger charge is -2.34. The Kier molecular flexibility index (Phi) is 6.85. The molecule has 0 amide bonds. The number of likely N-dealkylation sites (tertiary alicyclic amines) is 1. The lowest BCUT2D eigenvalue weighted by Crippen LogP contribution is -2.35. The molecule has 5 nitrogen and oxygen atoms in total. The van der Waals surface area contributed by atoms with E-state index in [1.807, 2.05) is 30.3 Å². The molecule has 2 heterocycles. The summed E-state index contributed by atoms with van der Waals surface area (Å²) in [5.74, 6) is 3.54. The molecule has 35 heavy (non-hydrogen) atoms. The average molecular weight is 492 g/mol. The van der Waals surface area contributed by atoms with Crippen LogP contribution >= 0.6 is 11.8 Å². The van der Waals surface area contributed by atoms with Gasteiger partial charge in [0.15, 0.2) is 0 Å². The number of phenolic OH excluding ortho intramolecular Hbond substituents is 2. The van der Waals surface area contributed by atoms with Gasteiger partial charge in [0.25, 0.3) is 0 Å². The molecule has 0 aliphatic carbocycles. The van der Waals surface area contributed by atoms with Gasteiger partial charge in [0.05, 0.1) is 10.1 Å². The van der Waals surface area contributed by atoms with Crippen LogP contribution in [0.4, 0.5) is 0 Å². The molecular formula is C29H33NO4S. The van der Waals surface area contributed by atoms with Crippen LogP contribution in [0.5, 0.6) is 23.0 Å². The highest BCUT2D eigenvalue weighted by Gasteiger charge is 2.34. The van der Waals surface area contributed by atoms with Crippen molar-refractivity contribution in [1.29, 1.82) is 0 Å². The predicted octanol–water partition coefficient (Wildman–Crippen LogP) is 6.42. The van der Waals surface area contributed by atoms with E-state index in [0.717, 1.165) is 52.4 Å². The quantitative estimate of drug-likeness (QED) is 0.415. The molecule has 0 spiro atoms. The smallest absolute Gasteiger partial charge is 0.140 e. The Morgan fingerprint density at radius 3 is 2.23 bits per heavy atom. The second kappa shape index (κ2) is 10.0. The zero-order valence-corrected chi connectivity index (χ0v) is 21.2. The van der Waals surface area contributed by atoms with Crippen molar-refractivity contribution in [2.75, 3.05) is 19.7 Å². The number of nitrogens with zero attached hydrogens (tertiary/aromatic N) is 1. The Morgan fingerprint density at radius 1 is 0.914 bits per heavy atom. The van der Waals surface area contributed by atoms with Crippen molar-refractivity contribution >= 4 is 11.8 Å². The van der Waals surface area contributed by atoms with Crippen molar-refractivity contribution in [3.63, 3.8) is 0 Å². The summed E-state index contributed by atoms with van der Waals surface area (Å²) in [5, 5.41) is 19.7. The van der Waals surface area contributed by atoms with Crippen LogP contribution in [0.3, 0.4) is 0 Å². The molecule has 5 atom stereocenters. The maximum absolute atomic E-state index is 9.96. The van der Waals surface area contributed by atoms with Crippen molar-refractivity contribution in [2.24, 2.45) is 11.8 Å². The third kappa shape index (κ3) is 5.24. The van der Waals surface area contributed by atoms with Gasteiger partial charge < -0.3 is 19.7 Å². The minimum atomic E-state index is -0.220. The zero-order chi connectivity index (χ0) is 24.5. The molecule has 5 rings (SSSR count). The van der Waals surface area contributed by atoms with E-state index in [2.05, 4.69) is 37.8 Å². The largest absolute Gasteiger partial charge is 0.508 e. The number of fused-ring (bicyclic) bond motifs is 1. The highest BCUT2D eigenvalue weighted by atomic mass is 32.2. The predicted molar refractivity (Wildman–Crippen MR) is 139 cm³/mol. The van der Waals surface area contributed by atoms with E-state index >= 15 is 0 Å². The van der Waals surface area contributed by atoms with Gasteiger partial charge in [-0.25, -0.2) is 0 Å². The van der Waals surface area contributed by atoms with Gasteiger partial charge in [-0.1, -0.05) is 38.1 Å². The summed E-state index contributed by atoms with van der Waals surface area (Å²) in [5.41, 5.74) is 2.10. The van der Waals surface area contributed by atoms with Gasteiger partial charge in [0.2, 0.25) is 0 Å². The van der Waals surface area contributed by atoms with E-state index in [1.165, 1.54) is 0 Å². The van der Waals surface area contributed by atoms with Gasteiger partial charge in [-0.3, -0.25) is 4.90 Å². The minimum absolute atomic E-state index is 0.0316. The molecule has 0 bridgehead atoms. The van der Waals surface area contributed by atoms with Crippen molar-refractivity contribution in [3.8, 4) is 23.0 Å². The molecule has 0 saturated carbocycles. The highest BCUT2D eigenvalue weighted by Crippen LogP contribution is 2.54. The van der Waals surface area contributed by atoms with Crippen LogP contribution in [-0.4, -0.2) is 40.9 Å². The van der Waals surface area contributed by atoms with E-state index < -0.39 is 0 Å². The van der Waals surface area contributed by atoms with Crippen LogP contribution in [0.15, 0.2) is 71.6 Å². The topological polar surface area (TPSA) is 62.2 Å². The van der Waals surface area contributed by atoms with E-state index in [4.69, 9.17) is 9.47 Å². The van der Waals surface area contributed by atoms with Gasteiger partial charge in [-0.05, 0) is 72.4 Å². The molecule has 2 N–H and O–H groups in total. The number of thioether (sulfide) groups is 1. The molecule has 1 saturated heterocycles. The van der Waals surface area contributed by atoms with Crippen molar-refractivity contribution in [1.82, 2.24) is 4.90 Å². The van der Waals surface area contributed by atoms with Crippen molar-refractivity contribution in [3.05, 3.63) is 77.9 Å². The first kappa shape index (κ1) is 23.9. The number of aromatic hydroxyl groups is 2. The fraction of sp³-hybridized carbons (Fsp3) is 0.379. The molecule has 2 aliphatic rings. The summed E-state index contributed by atoms with van der Waals surface area (Å²) in [7, 11) is 0. The van der Waals surface area contributed by atoms with Crippen LogP contribution in [0.1, 0.15) is 43.3 Å². The molecule has 2 aliphatic heterocycles. The first-order valence-corrected chi connectivity index (χ1v) is 13.2. The van der Waals surface area contributed by atoms with Gasteiger partial charge in [0.1, 0.15) is 35.7 Å². The average Bonchev–Trinajstić information content (AvgIpc) is 3.20. The maximum atomic E-state index is 9.96. The number of phenols is 2. The van der Waals surface area contributed by atoms with Gasteiger partial charge in [0, 0.05) is 19.1 Å².